The SMILES string of the molecule is C=CCC[C@@H](c1cccc(OCc2ccccc2)c1)N1CCNCC1. The lowest BCUT2D eigenvalue weighted by Gasteiger charge is -2.35. The lowest BCUT2D eigenvalue weighted by molar-refractivity contribution is 0.166. The predicted octanol–water partition coefficient (Wildman–Crippen LogP) is 4.18. The standard InChI is InChI=1S/C22H28N2O/c1-2-3-12-22(24-15-13-23-14-16-24)20-10-7-11-21(17-20)25-18-19-8-5-4-6-9-19/h2,4-11,17,22-23H,1,3,12-16,18H2/t22-/m0/s1. The van der Waals surface area contributed by atoms with Crippen LogP contribution in [0.1, 0.15) is 30.0 Å². The fourth-order valence-electron chi connectivity index (χ4n) is 3.38. The monoisotopic (exact) mass is 336 g/mol. The number of nitrogens with zero attached hydrogens (tertiary/aromatic N) is 1. The average Bonchev–Trinajstić information content (AvgIpc) is 2.69. The van der Waals surface area contributed by atoms with Gasteiger partial charge in [0, 0.05) is 32.2 Å². The van der Waals surface area contributed by atoms with Gasteiger partial charge in [-0.3, -0.25) is 4.90 Å². The van der Waals surface area contributed by atoms with Gasteiger partial charge in [-0.15, -0.1) is 6.58 Å². The largest absolute Gasteiger partial charge is 0.489 e. The highest BCUT2D eigenvalue weighted by molar-refractivity contribution is 5.31. The molecule has 132 valence electrons. The maximum atomic E-state index is 6.02. The van der Waals surface area contributed by atoms with Crippen LogP contribution in [0.25, 0.3) is 0 Å². The molecule has 0 unspecified atom stereocenters. The van der Waals surface area contributed by atoms with E-state index < -0.39 is 0 Å². The Hall–Kier alpha value is -2.10. The molecule has 2 aromatic rings. The molecule has 1 N–H and O–H groups in total. The Balaban J connectivity index is 1.71. The summed E-state index contributed by atoms with van der Waals surface area (Å²) in [6, 6.07) is 19.3. The molecule has 1 saturated heterocycles. The summed E-state index contributed by atoms with van der Waals surface area (Å²) < 4.78 is 6.02. The summed E-state index contributed by atoms with van der Waals surface area (Å²) in [4.78, 5) is 2.58. The fourth-order valence-corrected chi connectivity index (χ4v) is 3.38. The zero-order chi connectivity index (χ0) is 17.3. The van der Waals surface area contributed by atoms with E-state index in [9.17, 15) is 0 Å². The van der Waals surface area contributed by atoms with Crippen LogP contribution in [0.3, 0.4) is 0 Å². The smallest absolute Gasteiger partial charge is 0.120 e. The van der Waals surface area contributed by atoms with Crippen LogP contribution in [0.5, 0.6) is 5.75 Å². The van der Waals surface area contributed by atoms with Crippen LogP contribution in [0.4, 0.5) is 0 Å². The van der Waals surface area contributed by atoms with E-state index in [4.69, 9.17) is 4.74 Å². The van der Waals surface area contributed by atoms with Crippen molar-refractivity contribution in [3.8, 4) is 5.75 Å². The summed E-state index contributed by atoms with van der Waals surface area (Å²) in [7, 11) is 0. The second-order valence-electron chi connectivity index (χ2n) is 6.51. The average molecular weight is 336 g/mol. The first-order valence-corrected chi connectivity index (χ1v) is 9.19. The van der Waals surface area contributed by atoms with Crippen LogP contribution in [0, 0.1) is 0 Å². The number of hydrogen-bond donors (Lipinski definition) is 1. The van der Waals surface area contributed by atoms with Crippen LogP contribution in [0.15, 0.2) is 67.3 Å². The third kappa shape index (κ3) is 5.18. The lowest BCUT2D eigenvalue weighted by atomic mass is 9.99. The molecule has 0 saturated carbocycles. The molecule has 1 aliphatic rings. The Kier molecular flexibility index (Phi) is 6.66. The van der Waals surface area contributed by atoms with Crippen LogP contribution in [-0.2, 0) is 6.61 Å². The first kappa shape index (κ1) is 17.7. The molecular weight excluding hydrogens is 308 g/mol. The second-order valence-corrected chi connectivity index (χ2v) is 6.51. The Labute approximate surface area is 151 Å². The maximum absolute atomic E-state index is 6.02. The summed E-state index contributed by atoms with van der Waals surface area (Å²) >= 11 is 0. The van der Waals surface area contributed by atoms with Gasteiger partial charge in [0.2, 0.25) is 0 Å². The number of benzene rings is 2. The molecule has 25 heavy (non-hydrogen) atoms. The van der Waals surface area contributed by atoms with Crippen LogP contribution < -0.4 is 10.1 Å². The fraction of sp³-hybridized carbons (Fsp3) is 0.364. The molecule has 1 fully saturated rings. The molecule has 1 atom stereocenters. The minimum atomic E-state index is 0.431. The van der Waals surface area contributed by atoms with Crippen molar-refractivity contribution in [3.63, 3.8) is 0 Å². The highest BCUT2D eigenvalue weighted by atomic mass is 16.5. The van der Waals surface area contributed by atoms with Gasteiger partial charge in [0.05, 0.1) is 0 Å². The zero-order valence-corrected chi connectivity index (χ0v) is 14.9. The molecular formula is C22H28N2O. The number of piperazine rings is 1. The van der Waals surface area contributed by atoms with Gasteiger partial charge in [-0.25, -0.2) is 0 Å². The van der Waals surface area contributed by atoms with Crippen molar-refractivity contribution in [2.24, 2.45) is 0 Å². The van der Waals surface area contributed by atoms with Gasteiger partial charge < -0.3 is 10.1 Å². The van der Waals surface area contributed by atoms with Crippen LogP contribution in [-0.4, -0.2) is 31.1 Å². The summed E-state index contributed by atoms with van der Waals surface area (Å²) in [5.74, 6) is 0.945. The zero-order valence-electron chi connectivity index (χ0n) is 14.9. The highest BCUT2D eigenvalue weighted by Crippen LogP contribution is 2.29. The summed E-state index contributed by atoms with van der Waals surface area (Å²) in [6.07, 6.45) is 4.15. The number of hydrogen-bond acceptors (Lipinski definition) is 3. The first-order chi connectivity index (χ1) is 12.4. The second kappa shape index (κ2) is 9.40. The number of nitrogens with one attached hydrogen (secondary N) is 1. The molecule has 0 aromatic heterocycles. The van der Waals surface area contributed by atoms with Crippen molar-refractivity contribution >= 4 is 0 Å². The molecule has 2 aromatic carbocycles. The lowest BCUT2D eigenvalue weighted by Crippen LogP contribution is -2.45. The molecule has 1 aliphatic heterocycles. The molecule has 3 rings (SSSR count). The van der Waals surface area contributed by atoms with E-state index in [0.717, 1.165) is 44.8 Å². The third-order valence-corrected chi connectivity index (χ3v) is 4.73. The Bertz CT molecular complexity index is 650. The van der Waals surface area contributed by atoms with E-state index in [1.165, 1.54) is 11.1 Å². The van der Waals surface area contributed by atoms with Crippen LogP contribution >= 0.6 is 0 Å². The van der Waals surface area contributed by atoms with Gasteiger partial charge in [-0.1, -0.05) is 48.5 Å². The van der Waals surface area contributed by atoms with Gasteiger partial charge in [-0.05, 0) is 36.1 Å². The Morgan fingerprint density at radius 1 is 1.08 bits per heavy atom. The van der Waals surface area contributed by atoms with E-state index in [2.05, 4.69) is 53.2 Å². The number of ether oxygens (including phenoxy) is 1. The summed E-state index contributed by atoms with van der Waals surface area (Å²) in [6.45, 7) is 8.82. The van der Waals surface area contributed by atoms with Crippen molar-refractivity contribution < 1.29 is 4.74 Å². The molecule has 3 heteroatoms. The van der Waals surface area contributed by atoms with Crippen molar-refractivity contribution in [3.05, 3.63) is 78.4 Å². The molecule has 0 radical (unpaired) electrons. The van der Waals surface area contributed by atoms with Gasteiger partial charge >= 0.3 is 0 Å². The quantitative estimate of drug-likeness (QED) is 0.732. The van der Waals surface area contributed by atoms with Gasteiger partial charge in [0.1, 0.15) is 12.4 Å². The predicted molar refractivity (Wildman–Crippen MR) is 104 cm³/mol. The van der Waals surface area contributed by atoms with Crippen molar-refractivity contribution in [2.45, 2.75) is 25.5 Å². The Morgan fingerprint density at radius 2 is 1.88 bits per heavy atom. The molecule has 0 amide bonds. The maximum Gasteiger partial charge on any atom is 0.120 e. The van der Waals surface area contributed by atoms with Crippen molar-refractivity contribution in [1.82, 2.24) is 10.2 Å². The summed E-state index contributed by atoms with van der Waals surface area (Å²) in [5.41, 5.74) is 2.53. The molecule has 0 spiro atoms. The highest BCUT2D eigenvalue weighted by Gasteiger charge is 2.21. The van der Waals surface area contributed by atoms with Crippen molar-refractivity contribution in [2.75, 3.05) is 26.2 Å². The minimum Gasteiger partial charge on any atom is -0.489 e. The van der Waals surface area contributed by atoms with E-state index in [0.29, 0.717) is 12.6 Å². The van der Waals surface area contributed by atoms with E-state index in [-0.39, 0.29) is 0 Å². The van der Waals surface area contributed by atoms with Gasteiger partial charge in [-0.2, -0.15) is 0 Å². The van der Waals surface area contributed by atoms with E-state index >= 15 is 0 Å². The molecule has 0 aliphatic carbocycles. The van der Waals surface area contributed by atoms with Crippen molar-refractivity contribution in [1.29, 1.82) is 0 Å². The molecule has 3 nitrogen and oxygen atoms in total. The van der Waals surface area contributed by atoms with Crippen LogP contribution in [0.2, 0.25) is 0 Å². The summed E-state index contributed by atoms with van der Waals surface area (Å²) in [5, 5.41) is 3.44. The third-order valence-electron chi connectivity index (χ3n) is 4.73. The topological polar surface area (TPSA) is 24.5 Å². The van der Waals surface area contributed by atoms with E-state index in [1.54, 1.807) is 0 Å². The normalized spacial score (nSPS) is 16.3. The molecule has 0 bridgehead atoms. The minimum absolute atomic E-state index is 0.431. The van der Waals surface area contributed by atoms with Gasteiger partial charge in [0.15, 0.2) is 0 Å². The number of allylic oxidation sites excluding steroid dienone is 1. The first-order valence-electron chi connectivity index (χ1n) is 9.19. The van der Waals surface area contributed by atoms with Gasteiger partial charge in [0.25, 0.3) is 0 Å². The number of rotatable bonds is 8. The Morgan fingerprint density at radius 3 is 2.64 bits per heavy atom. The van der Waals surface area contributed by atoms with E-state index in [1.807, 2.05) is 24.3 Å². The molecule has 1 heterocycles.